The van der Waals surface area contributed by atoms with Crippen LogP contribution in [0.4, 0.5) is 0 Å². The molecule has 0 aromatic heterocycles. The van der Waals surface area contributed by atoms with Gasteiger partial charge in [0.05, 0.1) is 6.61 Å². The van der Waals surface area contributed by atoms with Gasteiger partial charge in [-0.2, -0.15) is 0 Å². The summed E-state index contributed by atoms with van der Waals surface area (Å²) in [6.45, 7) is 1.45. The Balaban J connectivity index is 2.76. The predicted molar refractivity (Wildman–Crippen MR) is 228 cm³/mol. The first-order valence-electron chi connectivity index (χ1n) is 22.5. The maximum atomic E-state index is 13.1. The molecule has 0 aromatic rings. The molecule has 1 fully saturated rings. The maximum absolute atomic E-state index is 13.1. The highest BCUT2D eigenvalue weighted by Crippen LogP contribution is 2.51. The molecule has 1 rings (SSSR count). The number of rotatable bonds is 39. The second kappa shape index (κ2) is 33.6. The molecule has 0 spiro atoms. The van der Waals surface area contributed by atoms with Crippen molar-refractivity contribution in [3.63, 3.8) is 0 Å². The number of ether oxygens (including phenoxy) is 2. The molecular weight excluding hydrogens is 879 g/mol. The minimum atomic E-state index is -5.60. The van der Waals surface area contributed by atoms with Crippen LogP contribution in [0, 0.1) is 0 Å². The number of hydrogen-bond donors (Lipinski definition) is 9. The SMILES string of the molecule is CCCCCCCCCCCCCCCC(=O)O[C@H](COC(=O)CCCCCCCCCCCCCN)COP(=O)(O)OC1C(O)[C@@H](OP(=O)(O)O)C(OP(=O)(O)O)[C@@H](O)[C@H]1O. The number of aliphatic hydroxyl groups is 3. The fourth-order valence-corrected chi connectivity index (χ4v) is 9.22. The number of phosphoric acid groups is 3. The third-order valence-electron chi connectivity index (χ3n) is 10.5. The first kappa shape index (κ1) is 59.1. The first-order chi connectivity index (χ1) is 29.3. The van der Waals surface area contributed by atoms with E-state index in [0.29, 0.717) is 12.8 Å². The molecule has 62 heavy (non-hydrogen) atoms. The number of carbonyl (C=O) groups excluding carboxylic acids is 2. The Hall–Kier alpha value is -0.890. The van der Waals surface area contributed by atoms with Gasteiger partial charge in [0.15, 0.2) is 6.10 Å². The molecule has 0 heterocycles. The van der Waals surface area contributed by atoms with Crippen LogP contribution in [0.25, 0.3) is 0 Å². The molecule has 10 N–H and O–H groups in total. The highest BCUT2D eigenvalue weighted by molar-refractivity contribution is 7.47. The molecule has 0 amide bonds. The van der Waals surface area contributed by atoms with Gasteiger partial charge >= 0.3 is 35.4 Å². The summed E-state index contributed by atoms with van der Waals surface area (Å²) in [6.07, 6.45) is 9.43. The van der Waals surface area contributed by atoms with E-state index in [0.717, 1.165) is 83.6 Å². The Labute approximate surface area is 367 Å². The van der Waals surface area contributed by atoms with E-state index in [4.69, 9.17) is 24.3 Å². The number of aliphatic hydroxyl groups excluding tert-OH is 3. The zero-order valence-electron chi connectivity index (χ0n) is 36.5. The second-order valence-corrected chi connectivity index (χ2v) is 19.9. The summed E-state index contributed by atoms with van der Waals surface area (Å²) in [7, 11) is -16.6. The topological polar surface area (TPSA) is 329 Å². The average Bonchev–Trinajstić information content (AvgIpc) is 3.19. The molecule has 0 aliphatic heterocycles. The maximum Gasteiger partial charge on any atom is 0.472 e. The summed E-state index contributed by atoms with van der Waals surface area (Å²) < 4.78 is 65.3. The quantitative estimate of drug-likeness (QED) is 0.0190. The normalized spacial score (nSPS) is 22.3. The van der Waals surface area contributed by atoms with Crippen molar-refractivity contribution in [3.05, 3.63) is 0 Å². The van der Waals surface area contributed by atoms with Crippen LogP contribution in [0.2, 0.25) is 0 Å². The monoisotopic (exact) mass is 957 g/mol. The number of phosphoric ester groups is 3. The molecule has 1 aliphatic rings. The van der Waals surface area contributed by atoms with E-state index in [1.807, 2.05) is 0 Å². The zero-order valence-corrected chi connectivity index (χ0v) is 39.2. The van der Waals surface area contributed by atoms with Gasteiger partial charge in [0.2, 0.25) is 0 Å². The van der Waals surface area contributed by atoms with Crippen LogP contribution in [0.15, 0.2) is 0 Å². The lowest BCUT2D eigenvalue weighted by molar-refractivity contribution is -0.213. The first-order valence-corrected chi connectivity index (χ1v) is 27.1. The number of carbonyl (C=O) groups is 2. The van der Waals surface area contributed by atoms with Crippen molar-refractivity contribution >= 4 is 35.4 Å². The Morgan fingerprint density at radius 3 is 1.29 bits per heavy atom. The van der Waals surface area contributed by atoms with E-state index < -0.39 is 91.3 Å². The highest BCUT2D eigenvalue weighted by atomic mass is 31.2. The molecule has 23 heteroatoms. The minimum Gasteiger partial charge on any atom is -0.462 e. The molecule has 0 saturated heterocycles. The lowest BCUT2D eigenvalue weighted by Crippen LogP contribution is -2.65. The number of unbranched alkanes of at least 4 members (excludes halogenated alkanes) is 22. The Kier molecular flexibility index (Phi) is 32.0. The van der Waals surface area contributed by atoms with Gasteiger partial charge < -0.3 is 55.0 Å². The fourth-order valence-electron chi connectivity index (χ4n) is 7.13. The average molecular weight is 958 g/mol. The van der Waals surface area contributed by atoms with Gasteiger partial charge in [-0.15, -0.1) is 0 Å². The molecule has 0 radical (unpaired) electrons. The van der Waals surface area contributed by atoms with E-state index in [-0.39, 0.29) is 12.8 Å². The lowest BCUT2D eigenvalue weighted by atomic mass is 9.85. The summed E-state index contributed by atoms with van der Waals surface area (Å²) in [5, 5.41) is 31.8. The van der Waals surface area contributed by atoms with Gasteiger partial charge in [-0.1, -0.05) is 142 Å². The van der Waals surface area contributed by atoms with E-state index in [1.165, 1.54) is 64.2 Å². The van der Waals surface area contributed by atoms with Crippen molar-refractivity contribution in [1.82, 2.24) is 0 Å². The van der Waals surface area contributed by atoms with Gasteiger partial charge in [0.25, 0.3) is 0 Å². The number of nitrogens with two attached hydrogens (primary N) is 1. The van der Waals surface area contributed by atoms with Gasteiger partial charge in [-0.05, 0) is 25.8 Å². The molecule has 1 saturated carbocycles. The lowest BCUT2D eigenvalue weighted by Gasteiger charge is -2.44. The summed E-state index contributed by atoms with van der Waals surface area (Å²) in [6, 6.07) is 0. The highest BCUT2D eigenvalue weighted by Gasteiger charge is 2.56. The molecule has 4 unspecified atom stereocenters. The van der Waals surface area contributed by atoms with Crippen molar-refractivity contribution in [2.75, 3.05) is 19.8 Å². The van der Waals surface area contributed by atoms with Gasteiger partial charge in [-0.3, -0.25) is 27.7 Å². The van der Waals surface area contributed by atoms with Crippen LogP contribution in [-0.4, -0.2) is 114 Å². The van der Waals surface area contributed by atoms with Crippen LogP contribution < -0.4 is 5.73 Å². The van der Waals surface area contributed by atoms with E-state index in [2.05, 4.69) is 16.0 Å². The Morgan fingerprint density at radius 1 is 0.500 bits per heavy atom. The minimum absolute atomic E-state index is 0.000926. The van der Waals surface area contributed by atoms with Gasteiger partial charge in [0, 0.05) is 12.8 Å². The molecule has 1 aliphatic carbocycles. The van der Waals surface area contributed by atoms with Crippen LogP contribution in [-0.2, 0) is 50.9 Å². The van der Waals surface area contributed by atoms with Crippen molar-refractivity contribution in [3.8, 4) is 0 Å². The standard InChI is InChI=1S/C39H78NO19P3/c1-2-3-4-5-6-7-8-9-11-15-18-21-24-27-33(42)56-31(29-54-32(41)26-23-20-17-14-12-10-13-16-19-22-25-28-40)30-55-62(52,53)59-37-34(43)35(44)38(57-60(46,47)48)39(36(37)45)58-61(49,50)51/h31,34-39,43-45H,2-30,40H2,1H3,(H,52,53)(H2,46,47,48)(H2,49,50,51)/t31-,34-,35+,36?,37?,38?,39-/m1/s1. The molecule has 368 valence electrons. The Morgan fingerprint density at radius 2 is 0.871 bits per heavy atom. The molecule has 20 nitrogen and oxygen atoms in total. The zero-order chi connectivity index (χ0) is 46.4. The van der Waals surface area contributed by atoms with Crippen molar-refractivity contribution < 1.29 is 90.6 Å². The van der Waals surface area contributed by atoms with Gasteiger partial charge in [0.1, 0.15) is 43.2 Å². The van der Waals surface area contributed by atoms with Crippen LogP contribution in [0.1, 0.15) is 174 Å². The third-order valence-corrected chi connectivity index (χ3v) is 12.5. The molecule has 0 aromatic carbocycles. The largest absolute Gasteiger partial charge is 0.472 e. The summed E-state index contributed by atoms with van der Waals surface area (Å²) in [4.78, 5) is 73.0. The van der Waals surface area contributed by atoms with Gasteiger partial charge in [-0.25, -0.2) is 13.7 Å². The number of esters is 2. The van der Waals surface area contributed by atoms with E-state index >= 15 is 0 Å². The van der Waals surface area contributed by atoms with E-state index in [9.17, 15) is 63.1 Å². The second-order valence-electron chi connectivity index (χ2n) is 16.1. The Bertz CT molecular complexity index is 1340. The van der Waals surface area contributed by atoms with E-state index in [1.54, 1.807) is 0 Å². The smallest absolute Gasteiger partial charge is 0.462 e. The number of hydrogen-bond acceptors (Lipinski definition) is 15. The summed E-state index contributed by atoms with van der Waals surface area (Å²) in [5.41, 5.74) is 5.53. The van der Waals surface area contributed by atoms with Crippen molar-refractivity contribution in [1.29, 1.82) is 0 Å². The van der Waals surface area contributed by atoms with Crippen LogP contribution in [0.5, 0.6) is 0 Å². The van der Waals surface area contributed by atoms with Crippen LogP contribution in [0.3, 0.4) is 0 Å². The third kappa shape index (κ3) is 29.6. The van der Waals surface area contributed by atoms with Crippen LogP contribution >= 0.6 is 23.5 Å². The summed E-state index contributed by atoms with van der Waals surface area (Å²) in [5.74, 6) is -1.30. The summed E-state index contributed by atoms with van der Waals surface area (Å²) >= 11 is 0. The molecule has 8 atom stereocenters. The predicted octanol–water partition coefficient (Wildman–Crippen LogP) is 6.12. The van der Waals surface area contributed by atoms with Crippen molar-refractivity contribution in [2.24, 2.45) is 5.73 Å². The molecule has 0 bridgehead atoms. The fraction of sp³-hybridized carbons (Fsp3) is 0.949. The van der Waals surface area contributed by atoms with Crippen molar-refractivity contribution in [2.45, 2.75) is 217 Å². The molecular formula is C39H78NO19P3.